The van der Waals surface area contributed by atoms with Crippen molar-refractivity contribution in [2.45, 2.75) is 11.8 Å². The van der Waals surface area contributed by atoms with Crippen molar-refractivity contribution in [3.63, 3.8) is 0 Å². The maximum atomic E-state index is 10.6. The van der Waals surface area contributed by atoms with E-state index in [9.17, 15) is 4.79 Å². The number of nitrogens with zero attached hydrogens (tertiary/aromatic N) is 1. The van der Waals surface area contributed by atoms with Crippen molar-refractivity contribution in [1.29, 1.82) is 0 Å². The quantitative estimate of drug-likeness (QED) is 0.616. The minimum atomic E-state index is -0.233. The normalized spacial score (nSPS) is 12.7. The molecule has 0 saturated carbocycles. The Kier molecular flexibility index (Phi) is 2.82. The molecule has 0 bridgehead atoms. The van der Waals surface area contributed by atoms with E-state index in [1.54, 1.807) is 0 Å². The van der Waals surface area contributed by atoms with Gasteiger partial charge in [0.25, 0.3) is 0 Å². The molecular weight excluding hydrogens is 254 g/mol. The van der Waals surface area contributed by atoms with Gasteiger partial charge in [-0.05, 0) is 30.7 Å². The summed E-state index contributed by atoms with van der Waals surface area (Å²) in [5, 5.41) is 1.06. The second-order valence-corrected chi connectivity index (χ2v) is 4.43. The summed E-state index contributed by atoms with van der Waals surface area (Å²) >= 11 is 3.30. The molecule has 1 atom stereocenters. The van der Waals surface area contributed by atoms with Gasteiger partial charge in [0.1, 0.15) is 6.29 Å². The largest absolute Gasteiger partial charge is 0.302 e. The van der Waals surface area contributed by atoms with Crippen LogP contribution >= 0.6 is 15.9 Å². The molecule has 15 heavy (non-hydrogen) atoms. The van der Waals surface area contributed by atoms with Crippen molar-refractivity contribution >= 4 is 33.1 Å². The van der Waals surface area contributed by atoms with Gasteiger partial charge in [-0.2, -0.15) is 0 Å². The number of aromatic nitrogens is 1. The lowest BCUT2D eigenvalue weighted by molar-refractivity contribution is -0.107. The minimum Gasteiger partial charge on any atom is -0.302 e. The highest BCUT2D eigenvalue weighted by Gasteiger charge is 2.06. The molecule has 0 fully saturated rings. The van der Waals surface area contributed by atoms with E-state index >= 15 is 0 Å². The van der Waals surface area contributed by atoms with Crippen LogP contribution in [-0.2, 0) is 4.79 Å². The van der Waals surface area contributed by atoms with Gasteiger partial charge >= 0.3 is 0 Å². The lowest BCUT2D eigenvalue weighted by Gasteiger charge is -2.04. The van der Waals surface area contributed by atoms with Gasteiger partial charge in [-0.3, -0.25) is 4.98 Å². The first-order valence-electron chi connectivity index (χ1n) is 4.67. The van der Waals surface area contributed by atoms with Crippen LogP contribution in [0.5, 0.6) is 0 Å². The number of benzene rings is 1. The molecule has 0 N–H and O–H groups in total. The zero-order valence-corrected chi connectivity index (χ0v) is 9.86. The highest BCUT2D eigenvalue weighted by Crippen LogP contribution is 2.23. The molecule has 76 valence electrons. The third-order valence-electron chi connectivity index (χ3n) is 2.29. The average molecular weight is 264 g/mol. The topological polar surface area (TPSA) is 30.0 Å². The van der Waals surface area contributed by atoms with Crippen molar-refractivity contribution in [2.75, 3.05) is 0 Å². The molecule has 1 heterocycles. The van der Waals surface area contributed by atoms with Crippen LogP contribution in [0.2, 0.25) is 0 Å². The summed E-state index contributed by atoms with van der Waals surface area (Å²) in [6.07, 6.45) is 0.878. The SMILES string of the molecule is Cc1ccc2cc([C@H](Br)C=O)ccc2n1. The van der Waals surface area contributed by atoms with E-state index in [0.29, 0.717) is 0 Å². The Hall–Kier alpha value is -1.22. The monoisotopic (exact) mass is 263 g/mol. The van der Waals surface area contributed by atoms with Gasteiger partial charge in [-0.25, -0.2) is 0 Å². The van der Waals surface area contributed by atoms with Crippen LogP contribution in [-0.4, -0.2) is 11.3 Å². The number of aldehydes is 1. The van der Waals surface area contributed by atoms with Crippen LogP contribution in [0.15, 0.2) is 30.3 Å². The summed E-state index contributed by atoms with van der Waals surface area (Å²) in [4.78, 5) is 14.8. The Labute approximate surface area is 96.5 Å². The van der Waals surface area contributed by atoms with Gasteiger partial charge in [0.05, 0.1) is 10.3 Å². The number of carbonyl (C=O) groups excluding carboxylic acids is 1. The summed E-state index contributed by atoms with van der Waals surface area (Å²) in [6.45, 7) is 1.96. The fraction of sp³-hybridized carbons (Fsp3) is 0.167. The van der Waals surface area contributed by atoms with E-state index in [2.05, 4.69) is 20.9 Å². The standard InChI is InChI=1S/C12H10BrNO/c1-8-2-3-10-6-9(11(13)7-15)4-5-12(10)14-8/h2-7,11H,1H3/t11-/m1/s1. The van der Waals surface area contributed by atoms with E-state index in [1.165, 1.54) is 0 Å². The molecular formula is C12H10BrNO. The molecule has 1 aromatic carbocycles. The smallest absolute Gasteiger partial charge is 0.138 e. The Morgan fingerprint density at radius 1 is 1.33 bits per heavy atom. The molecule has 1 aromatic heterocycles. The first-order valence-corrected chi connectivity index (χ1v) is 5.59. The van der Waals surface area contributed by atoms with Crippen LogP contribution in [0.3, 0.4) is 0 Å². The number of rotatable bonds is 2. The fourth-order valence-electron chi connectivity index (χ4n) is 1.50. The third-order valence-corrected chi connectivity index (χ3v) is 3.03. The summed E-state index contributed by atoms with van der Waals surface area (Å²) in [5.41, 5.74) is 2.92. The Morgan fingerprint density at radius 3 is 2.87 bits per heavy atom. The Bertz CT molecular complexity index is 510. The van der Waals surface area contributed by atoms with Crippen LogP contribution in [0.1, 0.15) is 16.1 Å². The molecule has 0 aliphatic heterocycles. The van der Waals surface area contributed by atoms with Crippen LogP contribution < -0.4 is 0 Å². The second-order valence-electron chi connectivity index (χ2n) is 3.44. The molecule has 0 spiro atoms. The van der Waals surface area contributed by atoms with Crippen molar-refractivity contribution in [2.24, 2.45) is 0 Å². The first-order chi connectivity index (χ1) is 7.20. The summed E-state index contributed by atoms with van der Waals surface area (Å²) in [6, 6.07) is 9.83. The van der Waals surface area contributed by atoms with E-state index in [-0.39, 0.29) is 4.83 Å². The molecule has 2 rings (SSSR count). The van der Waals surface area contributed by atoms with Crippen LogP contribution in [0.25, 0.3) is 10.9 Å². The maximum Gasteiger partial charge on any atom is 0.138 e. The number of pyridine rings is 1. The molecule has 2 nitrogen and oxygen atoms in total. The molecule has 0 radical (unpaired) electrons. The van der Waals surface area contributed by atoms with E-state index in [1.807, 2.05) is 37.3 Å². The predicted octanol–water partition coefficient (Wildman–Crippen LogP) is 3.18. The molecule has 0 aliphatic carbocycles. The minimum absolute atomic E-state index is 0.233. The van der Waals surface area contributed by atoms with Gasteiger partial charge < -0.3 is 4.79 Å². The molecule has 2 aromatic rings. The van der Waals surface area contributed by atoms with E-state index in [4.69, 9.17) is 0 Å². The van der Waals surface area contributed by atoms with Gasteiger partial charge in [0.2, 0.25) is 0 Å². The first kappa shape index (κ1) is 10.3. The number of alkyl halides is 1. The zero-order valence-electron chi connectivity index (χ0n) is 8.27. The van der Waals surface area contributed by atoms with E-state index < -0.39 is 0 Å². The van der Waals surface area contributed by atoms with Crippen molar-refractivity contribution in [3.05, 3.63) is 41.6 Å². The lowest BCUT2D eigenvalue weighted by atomic mass is 10.1. The summed E-state index contributed by atoms with van der Waals surface area (Å²) in [7, 11) is 0. The number of carbonyl (C=O) groups is 1. The number of hydrogen-bond donors (Lipinski definition) is 0. The zero-order chi connectivity index (χ0) is 10.8. The molecule has 0 amide bonds. The van der Waals surface area contributed by atoms with Crippen molar-refractivity contribution in [1.82, 2.24) is 4.98 Å². The Morgan fingerprint density at radius 2 is 2.13 bits per heavy atom. The Balaban J connectivity index is 2.56. The number of fused-ring (bicyclic) bond motifs is 1. The predicted molar refractivity (Wildman–Crippen MR) is 64.2 cm³/mol. The van der Waals surface area contributed by atoms with Gasteiger partial charge in [0.15, 0.2) is 0 Å². The molecule has 3 heteroatoms. The third kappa shape index (κ3) is 2.07. The van der Waals surface area contributed by atoms with Crippen LogP contribution in [0, 0.1) is 6.92 Å². The summed E-state index contributed by atoms with van der Waals surface area (Å²) < 4.78 is 0. The molecule has 0 aliphatic rings. The second kappa shape index (κ2) is 4.11. The highest BCUT2D eigenvalue weighted by molar-refractivity contribution is 9.09. The fourth-order valence-corrected chi connectivity index (χ4v) is 1.78. The highest BCUT2D eigenvalue weighted by atomic mass is 79.9. The lowest BCUT2D eigenvalue weighted by Crippen LogP contribution is -1.91. The van der Waals surface area contributed by atoms with Crippen molar-refractivity contribution < 1.29 is 4.79 Å². The molecule has 0 saturated heterocycles. The number of aryl methyl sites for hydroxylation is 1. The average Bonchev–Trinajstić information content (AvgIpc) is 2.27. The summed E-state index contributed by atoms with van der Waals surface area (Å²) in [5.74, 6) is 0. The number of hydrogen-bond acceptors (Lipinski definition) is 2. The molecule has 0 unspecified atom stereocenters. The van der Waals surface area contributed by atoms with E-state index in [0.717, 1.165) is 28.4 Å². The maximum absolute atomic E-state index is 10.6. The van der Waals surface area contributed by atoms with Gasteiger partial charge in [-0.1, -0.05) is 28.1 Å². The van der Waals surface area contributed by atoms with Crippen molar-refractivity contribution in [3.8, 4) is 0 Å². The van der Waals surface area contributed by atoms with Gasteiger partial charge in [0, 0.05) is 11.1 Å². The van der Waals surface area contributed by atoms with Gasteiger partial charge in [-0.15, -0.1) is 0 Å². The number of halogens is 1. The van der Waals surface area contributed by atoms with Crippen LogP contribution in [0.4, 0.5) is 0 Å².